The van der Waals surface area contributed by atoms with Crippen LogP contribution in [0.3, 0.4) is 0 Å². The van der Waals surface area contributed by atoms with E-state index in [-0.39, 0.29) is 5.91 Å². The van der Waals surface area contributed by atoms with Gasteiger partial charge < -0.3 is 4.98 Å². The van der Waals surface area contributed by atoms with Crippen molar-refractivity contribution in [3.63, 3.8) is 0 Å². The molecule has 3 N–H and O–H groups in total. The van der Waals surface area contributed by atoms with E-state index >= 15 is 0 Å². The number of aryl methyl sites for hydroxylation is 1. The van der Waals surface area contributed by atoms with E-state index in [1.165, 1.54) is 5.56 Å². The van der Waals surface area contributed by atoms with E-state index in [4.69, 9.17) is 0 Å². The zero-order chi connectivity index (χ0) is 21.1. The topological polar surface area (TPSA) is 85.9 Å². The zero-order valence-corrected chi connectivity index (χ0v) is 17.4. The van der Waals surface area contributed by atoms with Gasteiger partial charge in [-0.3, -0.25) is 9.89 Å². The molecule has 0 saturated heterocycles. The number of aromatic nitrogens is 3. The van der Waals surface area contributed by atoms with E-state index in [1.54, 1.807) is 12.3 Å². The van der Waals surface area contributed by atoms with Crippen LogP contribution in [-0.2, 0) is 6.42 Å². The van der Waals surface area contributed by atoms with Crippen LogP contribution in [0.4, 0.5) is 0 Å². The molecular weight excluding hydrogens is 374 g/mol. The lowest BCUT2D eigenvalue weighted by Gasteiger charge is -2.05. The lowest BCUT2D eigenvalue weighted by Crippen LogP contribution is -2.18. The molecule has 0 aliphatic carbocycles. The van der Waals surface area contributed by atoms with E-state index < -0.39 is 0 Å². The summed E-state index contributed by atoms with van der Waals surface area (Å²) in [5.74, 6) is 0.282. The van der Waals surface area contributed by atoms with Crippen molar-refractivity contribution < 1.29 is 4.79 Å². The second kappa shape index (κ2) is 8.37. The van der Waals surface area contributed by atoms with Crippen LogP contribution >= 0.6 is 0 Å². The molecule has 4 rings (SSSR count). The number of para-hydroxylation sites is 1. The Hall–Kier alpha value is -3.67. The van der Waals surface area contributed by atoms with Crippen molar-refractivity contribution in [2.45, 2.75) is 27.2 Å². The molecule has 30 heavy (non-hydrogen) atoms. The molecule has 2 aromatic carbocycles. The fourth-order valence-electron chi connectivity index (χ4n) is 3.55. The number of amides is 1. The number of rotatable bonds is 6. The summed E-state index contributed by atoms with van der Waals surface area (Å²) in [7, 11) is 0. The highest BCUT2D eigenvalue weighted by Crippen LogP contribution is 2.21. The molecule has 0 saturated carbocycles. The van der Waals surface area contributed by atoms with Gasteiger partial charge in [0.05, 0.1) is 11.9 Å². The highest BCUT2D eigenvalue weighted by Gasteiger charge is 2.11. The third-order valence-corrected chi connectivity index (χ3v) is 5.02. The Kier molecular flexibility index (Phi) is 5.48. The predicted molar refractivity (Wildman–Crippen MR) is 121 cm³/mol. The number of hydrogen-bond donors (Lipinski definition) is 3. The standard InChI is InChI=1S/C24H25N5O/c1-15(2)12-17-8-10-18(11-9-17)22-13-23(28-27-22)24(30)29-25-14-20-16(3)26-21-7-5-4-6-19(20)21/h4-11,13-15,26H,12H2,1-3H3,(H,27,28)(H,29,30)/b25-14-. The minimum Gasteiger partial charge on any atom is -0.358 e. The number of nitrogens with zero attached hydrogens (tertiary/aromatic N) is 2. The van der Waals surface area contributed by atoms with Crippen LogP contribution in [0, 0.1) is 12.8 Å². The molecule has 6 nitrogen and oxygen atoms in total. The fourth-order valence-corrected chi connectivity index (χ4v) is 3.55. The van der Waals surface area contributed by atoms with E-state index in [0.29, 0.717) is 11.6 Å². The van der Waals surface area contributed by atoms with Crippen molar-refractivity contribution in [3.8, 4) is 11.3 Å². The van der Waals surface area contributed by atoms with E-state index in [1.807, 2.05) is 43.3 Å². The van der Waals surface area contributed by atoms with Crippen molar-refractivity contribution in [1.29, 1.82) is 0 Å². The van der Waals surface area contributed by atoms with Gasteiger partial charge in [0.2, 0.25) is 0 Å². The van der Waals surface area contributed by atoms with Crippen molar-refractivity contribution in [2.75, 3.05) is 0 Å². The van der Waals surface area contributed by atoms with E-state index in [9.17, 15) is 4.79 Å². The quantitative estimate of drug-likeness (QED) is 0.320. The maximum Gasteiger partial charge on any atom is 0.289 e. The van der Waals surface area contributed by atoms with Crippen LogP contribution in [0.25, 0.3) is 22.2 Å². The number of aromatic amines is 2. The second-order valence-corrected chi connectivity index (χ2v) is 7.87. The van der Waals surface area contributed by atoms with Gasteiger partial charge in [-0.1, -0.05) is 56.3 Å². The molecule has 0 fully saturated rings. The maximum absolute atomic E-state index is 12.4. The summed E-state index contributed by atoms with van der Waals surface area (Å²) >= 11 is 0. The van der Waals surface area contributed by atoms with E-state index in [2.05, 4.69) is 51.7 Å². The number of benzene rings is 2. The molecule has 0 spiro atoms. The van der Waals surface area contributed by atoms with Crippen molar-refractivity contribution in [3.05, 3.63) is 77.1 Å². The molecule has 2 heterocycles. The third-order valence-electron chi connectivity index (χ3n) is 5.02. The summed E-state index contributed by atoms with van der Waals surface area (Å²) in [6.45, 7) is 6.39. The smallest absolute Gasteiger partial charge is 0.289 e. The van der Waals surface area contributed by atoms with Gasteiger partial charge in [-0.05, 0) is 37.0 Å². The Morgan fingerprint density at radius 3 is 2.70 bits per heavy atom. The number of fused-ring (bicyclic) bond motifs is 1. The molecule has 0 bridgehead atoms. The first kappa shape index (κ1) is 19.6. The van der Waals surface area contributed by atoms with Crippen LogP contribution in [-0.4, -0.2) is 27.3 Å². The number of H-pyrrole nitrogens is 2. The van der Waals surface area contributed by atoms with Crippen molar-refractivity contribution in [1.82, 2.24) is 20.6 Å². The van der Waals surface area contributed by atoms with Gasteiger partial charge in [-0.2, -0.15) is 10.2 Å². The molecule has 0 radical (unpaired) electrons. The first-order valence-electron chi connectivity index (χ1n) is 10.1. The summed E-state index contributed by atoms with van der Waals surface area (Å²) < 4.78 is 0. The molecule has 0 aliphatic rings. The Morgan fingerprint density at radius 2 is 1.93 bits per heavy atom. The first-order chi connectivity index (χ1) is 14.5. The normalized spacial score (nSPS) is 11.6. The van der Waals surface area contributed by atoms with Gasteiger partial charge in [0, 0.05) is 27.7 Å². The molecule has 152 valence electrons. The SMILES string of the molecule is Cc1[nH]c2ccccc2c1/C=N\NC(=O)c1cc(-c2ccc(CC(C)C)cc2)n[nH]1. The minimum atomic E-state index is -0.334. The Morgan fingerprint density at radius 1 is 1.17 bits per heavy atom. The number of carbonyl (C=O) groups excluding carboxylic acids is 1. The van der Waals surface area contributed by atoms with Crippen molar-refractivity contribution >= 4 is 23.0 Å². The van der Waals surface area contributed by atoms with Crippen LogP contribution in [0.5, 0.6) is 0 Å². The molecule has 0 aliphatic heterocycles. The van der Waals surface area contributed by atoms with Gasteiger partial charge in [-0.15, -0.1) is 0 Å². The average Bonchev–Trinajstić information content (AvgIpc) is 3.33. The summed E-state index contributed by atoms with van der Waals surface area (Å²) in [4.78, 5) is 15.8. The maximum atomic E-state index is 12.4. The average molecular weight is 399 g/mol. The molecular formula is C24H25N5O. The van der Waals surface area contributed by atoms with Crippen LogP contribution in [0.2, 0.25) is 0 Å². The lowest BCUT2D eigenvalue weighted by atomic mass is 10.0. The summed E-state index contributed by atoms with van der Waals surface area (Å²) in [6, 6.07) is 18.0. The molecule has 6 heteroatoms. The summed E-state index contributed by atoms with van der Waals surface area (Å²) in [6.07, 6.45) is 2.71. The Bertz CT molecular complexity index is 1200. The number of hydrogen-bond acceptors (Lipinski definition) is 3. The Balaban J connectivity index is 1.44. The number of hydrazone groups is 1. The zero-order valence-electron chi connectivity index (χ0n) is 17.4. The van der Waals surface area contributed by atoms with Gasteiger partial charge in [0.1, 0.15) is 5.69 Å². The van der Waals surface area contributed by atoms with Crippen LogP contribution < -0.4 is 5.43 Å². The predicted octanol–water partition coefficient (Wildman–Crippen LogP) is 4.83. The van der Waals surface area contributed by atoms with Crippen LogP contribution in [0.15, 0.2) is 59.7 Å². The third kappa shape index (κ3) is 4.17. The highest BCUT2D eigenvalue weighted by atomic mass is 16.2. The van der Waals surface area contributed by atoms with Crippen molar-refractivity contribution in [2.24, 2.45) is 11.0 Å². The van der Waals surface area contributed by atoms with Gasteiger partial charge in [-0.25, -0.2) is 5.43 Å². The molecule has 4 aromatic rings. The Labute approximate surface area is 175 Å². The fraction of sp³-hybridized carbons (Fsp3) is 0.208. The molecule has 2 aromatic heterocycles. The summed E-state index contributed by atoms with van der Waals surface area (Å²) in [5, 5.41) is 12.3. The minimum absolute atomic E-state index is 0.334. The van der Waals surface area contributed by atoms with Gasteiger partial charge >= 0.3 is 0 Å². The molecule has 0 unspecified atom stereocenters. The van der Waals surface area contributed by atoms with Gasteiger partial charge in [0.15, 0.2) is 0 Å². The lowest BCUT2D eigenvalue weighted by molar-refractivity contribution is 0.0950. The van der Waals surface area contributed by atoms with E-state index in [0.717, 1.165) is 39.8 Å². The largest absolute Gasteiger partial charge is 0.358 e. The number of nitrogens with one attached hydrogen (secondary N) is 3. The molecule has 0 atom stereocenters. The van der Waals surface area contributed by atoms with Gasteiger partial charge in [0.25, 0.3) is 5.91 Å². The summed E-state index contributed by atoms with van der Waals surface area (Å²) in [5.41, 5.74) is 8.93. The number of carbonyl (C=O) groups is 1. The van der Waals surface area contributed by atoms with Crippen LogP contribution in [0.1, 0.15) is 41.2 Å². The second-order valence-electron chi connectivity index (χ2n) is 7.87. The monoisotopic (exact) mass is 399 g/mol. The molecule has 1 amide bonds. The highest BCUT2D eigenvalue weighted by molar-refractivity contribution is 6.01. The first-order valence-corrected chi connectivity index (χ1v) is 10.1.